The maximum Gasteiger partial charge on any atom is 0.253 e. The predicted molar refractivity (Wildman–Crippen MR) is 93.8 cm³/mol. The number of rotatable bonds is 4. The summed E-state index contributed by atoms with van der Waals surface area (Å²) < 4.78 is 0. The van der Waals surface area contributed by atoms with E-state index in [4.69, 9.17) is 0 Å². The lowest BCUT2D eigenvalue weighted by Gasteiger charge is -2.09. The molecule has 2 aromatic heterocycles. The number of carbonyl (C=O) groups is 1. The molecule has 0 atom stereocenters. The van der Waals surface area contributed by atoms with Gasteiger partial charge in [-0.1, -0.05) is 24.3 Å². The number of fused-ring (bicyclic) bond motifs is 1. The minimum absolute atomic E-state index is 0.132. The van der Waals surface area contributed by atoms with Gasteiger partial charge < -0.3 is 10.3 Å². The highest BCUT2D eigenvalue weighted by atomic mass is 16.1. The van der Waals surface area contributed by atoms with Crippen molar-refractivity contribution in [3.05, 3.63) is 75.3 Å². The van der Waals surface area contributed by atoms with Crippen molar-refractivity contribution in [1.82, 2.24) is 15.3 Å². The minimum atomic E-state index is -0.153. The number of carbonyl (C=O) groups excluding carboxylic acids is 1. The molecule has 122 valence electrons. The molecule has 0 aliphatic carbocycles. The van der Waals surface area contributed by atoms with Gasteiger partial charge in [-0.15, -0.1) is 0 Å². The number of hydrogen-bond donors (Lipinski definition) is 2. The Kier molecular flexibility index (Phi) is 4.42. The number of nitrogens with one attached hydrogen (secondary N) is 2. The van der Waals surface area contributed by atoms with E-state index in [1.54, 1.807) is 6.20 Å². The number of benzene rings is 1. The van der Waals surface area contributed by atoms with Crippen LogP contribution >= 0.6 is 0 Å². The van der Waals surface area contributed by atoms with Crippen LogP contribution in [0, 0.1) is 13.8 Å². The van der Waals surface area contributed by atoms with E-state index < -0.39 is 0 Å². The SMILES string of the molecule is Cc1cc(C)c(CNC(=O)Cc2cccc3cccnc23)c(=O)[nH]1. The molecule has 2 heterocycles. The van der Waals surface area contributed by atoms with Crippen LogP contribution in [-0.4, -0.2) is 15.9 Å². The van der Waals surface area contributed by atoms with Crippen molar-refractivity contribution in [2.24, 2.45) is 0 Å². The molecule has 0 spiro atoms. The van der Waals surface area contributed by atoms with Crippen LogP contribution in [0.2, 0.25) is 0 Å². The van der Waals surface area contributed by atoms with Crippen LogP contribution in [0.15, 0.2) is 47.4 Å². The van der Waals surface area contributed by atoms with Crippen molar-refractivity contribution in [3.8, 4) is 0 Å². The first-order chi connectivity index (χ1) is 11.5. The van der Waals surface area contributed by atoms with Crippen molar-refractivity contribution in [2.75, 3.05) is 0 Å². The van der Waals surface area contributed by atoms with Gasteiger partial charge in [0.05, 0.1) is 11.9 Å². The molecule has 24 heavy (non-hydrogen) atoms. The van der Waals surface area contributed by atoms with Gasteiger partial charge in [0.2, 0.25) is 5.91 Å². The highest BCUT2D eigenvalue weighted by molar-refractivity contribution is 5.87. The average Bonchev–Trinajstić information content (AvgIpc) is 2.54. The van der Waals surface area contributed by atoms with E-state index in [0.29, 0.717) is 5.56 Å². The summed E-state index contributed by atoms with van der Waals surface area (Å²) in [5.74, 6) is -0.132. The summed E-state index contributed by atoms with van der Waals surface area (Å²) in [5.41, 5.74) is 3.84. The first-order valence-corrected chi connectivity index (χ1v) is 7.83. The summed E-state index contributed by atoms with van der Waals surface area (Å²) >= 11 is 0. The molecule has 5 heteroatoms. The smallest absolute Gasteiger partial charge is 0.253 e. The number of aromatic nitrogens is 2. The van der Waals surface area contributed by atoms with Crippen LogP contribution in [0.4, 0.5) is 0 Å². The topological polar surface area (TPSA) is 74.8 Å². The zero-order valence-corrected chi connectivity index (χ0v) is 13.7. The number of para-hydroxylation sites is 1. The van der Waals surface area contributed by atoms with Crippen LogP contribution in [0.25, 0.3) is 10.9 Å². The van der Waals surface area contributed by atoms with Crippen molar-refractivity contribution in [2.45, 2.75) is 26.8 Å². The molecule has 1 amide bonds. The molecule has 0 unspecified atom stereocenters. The normalized spacial score (nSPS) is 10.8. The zero-order chi connectivity index (χ0) is 17.1. The number of aryl methyl sites for hydroxylation is 2. The number of aromatic amines is 1. The second-order valence-electron chi connectivity index (χ2n) is 5.89. The molecule has 3 rings (SSSR count). The first kappa shape index (κ1) is 15.9. The first-order valence-electron chi connectivity index (χ1n) is 7.83. The fourth-order valence-electron chi connectivity index (χ4n) is 2.83. The van der Waals surface area contributed by atoms with Crippen molar-refractivity contribution >= 4 is 16.8 Å². The van der Waals surface area contributed by atoms with Crippen LogP contribution in [0.5, 0.6) is 0 Å². The van der Waals surface area contributed by atoms with E-state index >= 15 is 0 Å². The third-order valence-electron chi connectivity index (χ3n) is 4.02. The summed E-state index contributed by atoms with van der Waals surface area (Å²) in [6, 6.07) is 11.5. The summed E-state index contributed by atoms with van der Waals surface area (Å²) in [6.45, 7) is 3.93. The third kappa shape index (κ3) is 3.35. The molecule has 0 bridgehead atoms. The van der Waals surface area contributed by atoms with Gasteiger partial charge in [0.15, 0.2) is 0 Å². The second kappa shape index (κ2) is 6.66. The van der Waals surface area contributed by atoms with Gasteiger partial charge in [0.25, 0.3) is 5.56 Å². The monoisotopic (exact) mass is 321 g/mol. The Labute approximate surface area is 139 Å². The molecule has 0 aliphatic rings. The van der Waals surface area contributed by atoms with Gasteiger partial charge in [-0.2, -0.15) is 0 Å². The quantitative estimate of drug-likeness (QED) is 0.775. The van der Waals surface area contributed by atoms with Crippen molar-refractivity contribution in [1.29, 1.82) is 0 Å². The average molecular weight is 321 g/mol. The second-order valence-corrected chi connectivity index (χ2v) is 5.89. The summed E-state index contributed by atoms with van der Waals surface area (Å²) in [7, 11) is 0. The number of nitrogens with zero attached hydrogens (tertiary/aromatic N) is 1. The molecule has 0 saturated carbocycles. The molecule has 2 N–H and O–H groups in total. The van der Waals surface area contributed by atoms with Crippen LogP contribution in [0.1, 0.15) is 22.4 Å². The van der Waals surface area contributed by atoms with E-state index in [0.717, 1.165) is 27.7 Å². The van der Waals surface area contributed by atoms with E-state index in [1.165, 1.54) is 0 Å². The standard InChI is InChI=1S/C19H19N3O2/c1-12-9-13(2)22-19(24)16(12)11-21-17(23)10-15-6-3-5-14-7-4-8-20-18(14)15/h3-9H,10-11H2,1-2H3,(H,21,23)(H,22,24). The zero-order valence-electron chi connectivity index (χ0n) is 13.7. The molecule has 0 radical (unpaired) electrons. The third-order valence-corrected chi connectivity index (χ3v) is 4.02. The predicted octanol–water partition coefficient (Wildman–Crippen LogP) is 2.40. The van der Waals surface area contributed by atoms with E-state index in [-0.39, 0.29) is 24.4 Å². The largest absolute Gasteiger partial charge is 0.352 e. The maximum atomic E-state index is 12.3. The number of pyridine rings is 2. The molecule has 3 aromatic rings. The summed E-state index contributed by atoms with van der Waals surface area (Å²) in [5, 5.41) is 3.83. The fourth-order valence-corrected chi connectivity index (χ4v) is 2.83. The van der Waals surface area contributed by atoms with Crippen molar-refractivity contribution < 1.29 is 4.79 Å². The van der Waals surface area contributed by atoms with Crippen LogP contribution < -0.4 is 10.9 Å². The molecule has 5 nitrogen and oxygen atoms in total. The lowest BCUT2D eigenvalue weighted by atomic mass is 10.1. The highest BCUT2D eigenvalue weighted by Crippen LogP contribution is 2.16. The van der Waals surface area contributed by atoms with E-state index in [9.17, 15) is 9.59 Å². The van der Waals surface area contributed by atoms with Gasteiger partial charge in [0, 0.05) is 29.4 Å². The highest BCUT2D eigenvalue weighted by Gasteiger charge is 2.10. The van der Waals surface area contributed by atoms with E-state index in [2.05, 4.69) is 15.3 Å². The summed E-state index contributed by atoms with van der Waals surface area (Å²) in [4.78, 5) is 31.4. The Balaban J connectivity index is 1.73. The van der Waals surface area contributed by atoms with Crippen LogP contribution in [0.3, 0.4) is 0 Å². The Morgan fingerprint density at radius 1 is 1.21 bits per heavy atom. The molecular weight excluding hydrogens is 302 g/mol. The van der Waals surface area contributed by atoms with Crippen LogP contribution in [-0.2, 0) is 17.8 Å². The van der Waals surface area contributed by atoms with Gasteiger partial charge in [-0.25, -0.2) is 0 Å². The molecule has 0 fully saturated rings. The molecule has 0 aliphatic heterocycles. The minimum Gasteiger partial charge on any atom is -0.352 e. The van der Waals surface area contributed by atoms with Gasteiger partial charge in [0.1, 0.15) is 0 Å². The molecule has 1 aromatic carbocycles. The lowest BCUT2D eigenvalue weighted by Crippen LogP contribution is -2.29. The van der Waals surface area contributed by atoms with E-state index in [1.807, 2.05) is 50.2 Å². The Morgan fingerprint density at radius 2 is 2.00 bits per heavy atom. The Bertz CT molecular complexity index is 955. The Hall–Kier alpha value is -2.95. The fraction of sp³-hybridized carbons (Fsp3) is 0.211. The molecule has 0 saturated heterocycles. The van der Waals surface area contributed by atoms with Gasteiger partial charge in [-0.3, -0.25) is 14.6 Å². The Morgan fingerprint density at radius 3 is 2.79 bits per heavy atom. The van der Waals surface area contributed by atoms with Gasteiger partial charge in [-0.05, 0) is 37.1 Å². The van der Waals surface area contributed by atoms with Crippen molar-refractivity contribution in [3.63, 3.8) is 0 Å². The number of amides is 1. The summed E-state index contributed by atoms with van der Waals surface area (Å²) in [6.07, 6.45) is 1.95. The lowest BCUT2D eigenvalue weighted by molar-refractivity contribution is -0.120. The van der Waals surface area contributed by atoms with Gasteiger partial charge >= 0.3 is 0 Å². The number of H-pyrrole nitrogens is 1. The maximum absolute atomic E-state index is 12.3. The number of hydrogen-bond acceptors (Lipinski definition) is 3. The molecular formula is C19H19N3O2.